The van der Waals surface area contributed by atoms with E-state index in [9.17, 15) is 13.2 Å². The molecule has 0 aromatic heterocycles. The van der Waals surface area contributed by atoms with Gasteiger partial charge >= 0.3 is 0 Å². The maximum atomic E-state index is 13.7. The maximum Gasteiger partial charge on any atom is 0.264 e. The minimum Gasteiger partial charge on any atom is -0.497 e. The number of piperazine rings is 1. The first-order valence-electron chi connectivity index (χ1n) is 12.5. The third-order valence-electron chi connectivity index (χ3n) is 6.82. The highest BCUT2D eigenvalue weighted by Crippen LogP contribution is 2.33. The van der Waals surface area contributed by atoms with Crippen LogP contribution in [0.3, 0.4) is 0 Å². The van der Waals surface area contributed by atoms with Crippen LogP contribution in [0.15, 0.2) is 71.6 Å². The normalized spacial score (nSPS) is 15.4. The Hall–Kier alpha value is -3.76. The van der Waals surface area contributed by atoms with E-state index in [-0.39, 0.29) is 24.1 Å². The van der Waals surface area contributed by atoms with E-state index < -0.39 is 10.0 Å². The molecule has 0 aliphatic carbocycles. The van der Waals surface area contributed by atoms with Crippen LogP contribution in [0.4, 0.5) is 5.69 Å². The maximum absolute atomic E-state index is 13.7. The molecule has 200 valence electrons. The van der Waals surface area contributed by atoms with E-state index in [0.29, 0.717) is 37.6 Å². The first-order chi connectivity index (χ1) is 18.3. The average molecular weight is 538 g/mol. The van der Waals surface area contributed by atoms with Crippen LogP contribution in [0.25, 0.3) is 0 Å². The van der Waals surface area contributed by atoms with Gasteiger partial charge < -0.3 is 19.1 Å². The number of aryl methyl sites for hydroxylation is 1. The standard InChI is InChI=1S/C28H31N3O6S/c1-21-3-6-23(7-4-21)31(38(33,34)25-10-8-24(35-2)9-11-25)19-28(32)30-15-13-29(14-16-30)18-22-5-12-26-27(17-22)37-20-36-26/h3-12,17H,13-16,18-20H2,1-2H3. The zero-order valence-electron chi connectivity index (χ0n) is 21.5. The molecule has 38 heavy (non-hydrogen) atoms. The number of anilines is 1. The first-order valence-corrected chi connectivity index (χ1v) is 13.9. The first kappa shape index (κ1) is 25.9. The number of hydrogen-bond donors (Lipinski definition) is 0. The summed E-state index contributed by atoms with van der Waals surface area (Å²) < 4.78 is 44.5. The summed E-state index contributed by atoms with van der Waals surface area (Å²) in [6, 6.07) is 19.3. The summed E-state index contributed by atoms with van der Waals surface area (Å²) in [5.74, 6) is 1.84. The lowest BCUT2D eigenvalue weighted by Gasteiger charge is -2.36. The molecular weight excluding hydrogens is 506 g/mol. The molecule has 3 aromatic carbocycles. The Morgan fingerprint density at radius 1 is 0.921 bits per heavy atom. The molecule has 9 nitrogen and oxygen atoms in total. The fraction of sp³-hybridized carbons (Fsp3) is 0.321. The van der Waals surface area contributed by atoms with E-state index in [4.69, 9.17) is 14.2 Å². The third-order valence-corrected chi connectivity index (χ3v) is 8.60. The van der Waals surface area contributed by atoms with E-state index in [1.807, 2.05) is 37.3 Å². The molecule has 0 spiro atoms. The molecule has 0 bridgehead atoms. The van der Waals surface area contributed by atoms with Gasteiger partial charge in [0, 0.05) is 32.7 Å². The molecule has 3 aromatic rings. The van der Waals surface area contributed by atoms with Gasteiger partial charge in [0.05, 0.1) is 17.7 Å². The summed E-state index contributed by atoms with van der Waals surface area (Å²) in [7, 11) is -2.46. The van der Waals surface area contributed by atoms with Gasteiger partial charge in [0.2, 0.25) is 12.7 Å². The molecule has 5 rings (SSSR count). The summed E-state index contributed by atoms with van der Waals surface area (Å²) in [5, 5.41) is 0. The Labute approximate surface area is 223 Å². The average Bonchev–Trinajstić information content (AvgIpc) is 3.40. The summed E-state index contributed by atoms with van der Waals surface area (Å²) in [6.45, 7) is 5.06. The number of rotatable bonds is 8. The zero-order valence-corrected chi connectivity index (χ0v) is 22.3. The van der Waals surface area contributed by atoms with Crippen LogP contribution in [-0.4, -0.2) is 70.8 Å². The predicted octanol–water partition coefficient (Wildman–Crippen LogP) is 3.27. The van der Waals surface area contributed by atoms with Crippen molar-refractivity contribution in [2.75, 3.05) is 50.9 Å². The number of sulfonamides is 1. The summed E-state index contributed by atoms with van der Waals surface area (Å²) in [6.07, 6.45) is 0. The van der Waals surface area contributed by atoms with Gasteiger partial charge in [0.15, 0.2) is 11.5 Å². The molecule has 0 radical (unpaired) electrons. The topological polar surface area (TPSA) is 88.6 Å². The highest BCUT2D eigenvalue weighted by molar-refractivity contribution is 7.92. The SMILES string of the molecule is COc1ccc(S(=O)(=O)N(CC(=O)N2CCN(Cc3ccc4c(c3)OCO4)CC2)c2ccc(C)cc2)cc1. The van der Waals surface area contributed by atoms with Crippen molar-refractivity contribution >= 4 is 21.6 Å². The van der Waals surface area contributed by atoms with Crippen molar-refractivity contribution in [2.24, 2.45) is 0 Å². The Kier molecular flexibility index (Phi) is 7.44. The molecule has 0 atom stereocenters. The number of carbonyl (C=O) groups excluding carboxylic acids is 1. The zero-order chi connectivity index (χ0) is 26.7. The van der Waals surface area contributed by atoms with Crippen molar-refractivity contribution in [1.29, 1.82) is 0 Å². The number of amides is 1. The van der Waals surface area contributed by atoms with E-state index in [2.05, 4.69) is 4.90 Å². The molecule has 10 heteroatoms. The Morgan fingerprint density at radius 3 is 2.29 bits per heavy atom. The highest BCUT2D eigenvalue weighted by Gasteiger charge is 2.30. The molecule has 1 fully saturated rings. The summed E-state index contributed by atoms with van der Waals surface area (Å²) in [4.78, 5) is 17.5. The van der Waals surface area contributed by atoms with Gasteiger partial charge in [-0.05, 0) is 61.0 Å². The second kappa shape index (κ2) is 10.9. The van der Waals surface area contributed by atoms with Crippen LogP contribution in [0.5, 0.6) is 17.2 Å². The second-order valence-electron chi connectivity index (χ2n) is 9.37. The van der Waals surface area contributed by atoms with Crippen LogP contribution in [0.2, 0.25) is 0 Å². The molecule has 1 saturated heterocycles. The quantitative estimate of drug-likeness (QED) is 0.436. The molecule has 0 unspecified atom stereocenters. The summed E-state index contributed by atoms with van der Waals surface area (Å²) >= 11 is 0. The third kappa shape index (κ3) is 5.56. The van der Waals surface area contributed by atoms with Crippen molar-refractivity contribution in [3.8, 4) is 17.2 Å². The number of nitrogens with zero attached hydrogens (tertiary/aromatic N) is 3. The van der Waals surface area contributed by atoms with Gasteiger partial charge in [-0.2, -0.15) is 0 Å². The van der Waals surface area contributed by atoms with Crippen LogP contribution >= 0.6 is 0 Å². The minimum atomic E-state index is -3.98. The highest BCUT2D eigenvalue weighted by atomic mass is 32.2. The van der Waals surface area contributed by atoms with Gasteiger partial charge in [-0.15, -0.1) is 0 Å². The number of ether oxygens (including phenoxy) is 3. The lowest BCUT2D eigenvalue weighted by molar-refractivity contribution is -0.131. The van der Waals surface area contributed by atoms with Crippen molar-refractivity contribution in [2.45, 2.75) is 18.4 Å². The van der Waals surface area contributed by atoms with Crippen molar-refractivity contribution < 1.29 is 27.4 Å². The smallest absolute Gasteiger partial charge is 0.264 e. The molecule has 0 saturated carbocycles. The molecular formula is C28H31N3O6S. The Bertz CT molecular complexity index is 1390. The fourth-order valence-electron chi connectivity index (χ4n) is 4.58. The molecule has 2 aliphatic rings. The Morgan fingerprint density at radius 2 is 1.61 bits per heavy atom. The van der Waals surface area contributed by atoms with Gasteiger partial charge in [0.25, 0.3) is 10.0 Å². The number of carbonyl (C=O) groups is 1. The Balaban J connectivity index is 1.27. The minimum absolute atomic E-state index is 0.0974. The van der Waals surface area contributed by atoms with Crippen molar-refractivity contribution in [3.63, 3.8) is 0 Å². The van der Waals surface area contributed by atoms with Gasteiger partial charge in [0.1, 0.15) is 12.3 Å². The van der Waals surface area contributed by atoms with E-state index in [1.165, 1.54) is 23.5 Å². The largest absolute Gasteiger partial charge is 0.497 e. The van der Waals surface area contributed by atoms with Gasteiger partial charge in [-0.25, -0.2) is 8.42 Å². The second-order valence-corrected chi connectivity index (χ2v) is 11.2. The lowest BCUT2D eigenvalue weighted by atomic mass is 10.1. The van der Waals surface area contributed by atoms with Gasteiger partial charge in [-0.1, -0.05) is 23.8 Å². The van der Waals surface area contributed by atoms with Crippen LogP contribution in [0.1, 0.15) is 11.1 Å². The van der Waals surface area contributed by atoms with Crippen molar-refractivity contribution in [1.82, 2.24) is 9.80 Å². The van der Waals surface area contributed by atoms with E-state index >= 15 is 0 Å². The number of hydrogen-bond acceptors (Lipinski definition) is 7. The van der Waals surface area contributed by atoms with Gasteiger partial charge in [-0.3, -0.25) is 14.0 Å². The molecule has 1 amide bonds. The van der Waals surface area contributed by atoms with Crippen LogP contribution in [0, 0.1) is 6.92 Å². The van der Waals surface area contributed by atoms with Crippen molar-refractivity contribution in [3.05, 3.63) is 77.9 Å². The lowest BCUT2D eigenvalue weighted by Crippen LogP contribution is -2.51. The summed E-state index contributed by atoms with van der Waals surface area (Å²) in [5.41, 5.74) is 2.56. The monoisotopic (exact) mass is 537 g/mol. The van der Waals surface area contributed by atoms with E-state index in [1.54, 1.807) is 29.2 Å². The number of benzene rings is 3. The number of methoxy groups -OCH3 is 1. The molecule has 0 N–H and O–H groups in total. The molecule has 2 heterocycles. The van der Waals surface area contributed by atoms with Crippen LogP contribution < -0.4 is 18.5 Å². The van der Waals surface area contributed by atoms with E-state index in [0.717, 1.165) is 29.2 Å². The van der Waals surface area contributed by atoms with Crippen LogP contribution in [-0.2, 0) is 21.4 Å². The number of fused-ring (bicyclic) bond motifs is 1. The predicted molar refractivity (Wildman–Crippen MR) is 143 cm³/mol. The fourth-order valence-corrected chi connectivity index (χ4v) is 5.99. The molecule has 2 aliphatic heterocycles.